The summed E-state index contributed by atoms with van der Waals surface area (Å²) in [4.78, 5) is 2.60. The van der Waals surface area contributed by atoms with E-state index in [9.17, 15) is 0 Å². The molecule has 0 aromatic heterocycles. The first-order valence-electron chi connectivity index (χ1n) is 4.08. The second-order valence-electron chi connectivity index (χ2n) is 3.62. The van der Waals surface area contributed by atoms with Crippen molar-refractivity contribution in [3.63, 3.8) is 0 Å². The van der Waals surface area contributed by atoms with Crippen molar-refractivity contribution in [1.29, 1.82) is 0 Å². The summed E-state index contributed by atoms with van der Waals surface area (Å²) in [5.74, 6) is 2.07. The van der Waals surface area contributed by atoms with Gasteiger partial charge in [-0.3, -0.25) is 0 Å². The molecule has 9 heavy (non-hydrogen) atoms. The van der Waals surface area contributed by atoms with Gasteiger partial charge in [-0.2, -0.15) is 0 Å². The van der Waals surface area contributed by atoms with Crippen LogP contribution >= 0.6 is 0 Å². The third-order valence-electron chi connectivity index (χ3n) is 3.01. The molecule has 0 aromatic rings. The average Bonchev–Trinajstić information content (AvgIpc) is 2.25. The number of hydrogen-bond acceptors (Lipinski definition) is 1. The molecule has 0 amide bonds. The molecule has 0 N–H and O–H groups in total. The van der Waals surface area contributed by atoms with Crippen molar-refractivity contribution in [3.05, 3.63) is 0 Å². The highest BCUT2D eigenvalue weighted by Crippen LogP contribution is 2.31. The molecule has 3 atom stereocenters. The predicted molar refractivity (Wildman–Crippen MR) is 38.3 cm³/mol. The van der Waals surface area contributed by atoms with Gasteiger partial charge in [0.1, 0.15) is 0 Å². The summed E-state index contributed by atoms with van der Waals surface area (Å²) in [5.41, 5.74) is 0. The van der Waals surface area contributed by atoms with E-state index in [2.05, 4.69) is 11.8 Å². The maximum atomic E-state index is 2.60. The fraction of sp³-hybridized carbons (Fsp3) is 1.00. The normalized spacial score (nSPS) is 49.7. The van der Waals surface area contributed by atoms with Crippen molar-refractivity contribution in [1.82, 2.24) is 4.90 Å². The second kappa shape index (κ2) is 1.98. The van der Waals surface area contributed by atoms with Crippen molar-refractivity contribution in [3.8, 4) is 0 Å². The van der Waals surface area contributed by atoms with Gasteiger partial charge < -0.3 is 4.90 Å². The van der Waals surface area contributed by atoms with Gasteiger partial charge in [0.15, 0.2) is 0 Å². The highest BCUT2D eigenvalue weighted by atomic mass is 15.2. The highest BCUT2D eigenvalue weighted by Gasteiger charge is 2.31. The van der Waals surface area contributed by atoms with Crippen molar-refractivity contribution in [2.45, 2.75) is 19.8 Å². The Morgan fingerprint density at radius 2 is 2.00 bits per heavy atom. The van der Waals surface area contributed by atoms with Gasteiger partial charge in [-0.1, -0.05) is 6.92 Å². The van der Waals surface area contributed by atoms with Gasteiger partial charge >= 0.3 is 0 Å². The van der Waals surface area contributed by atoms with Crippen LogP contribution in [0.1, 0.15) is 19.8 Å². The largest absolute Gasteiger partial charge is 0.303 e. The summed E-state index contributed by atoms with van der Waals surface area (Å²) in [7, 11) is 0. The van der Waals surface area contributed by atoms with Crippen molar-refractivity contribution in [2.24, 2.45) is 11.8 Å². The number of piperidine rings is 1. The summed E-state index contributed by atoms with van der Waals surface area (Å²) >= 11 is 0. The van der Waals surface area contributed by atoms with Crippen LogP contribution in [0.4, 0.5) is 0 Å². The van der Waals surface area contributed by atoms with E-state index in [1.165, 1.54) is 32.5 Å². The molecule has 0 radical (unpaired) electrons. The summed E-state index contributed by atoms with van der Waals surface area (Å²) < 4.78 is 0. The van der Waals surface area contributed by atoms with Crippen LogP contribution in [-0.2, 0) is 0 Å². The molecule has 52 valence electrons. The van der Waals surface area contributed by atoms with Gasteiger partial charge in [0.05, 0.1) is 0 Å². The highest BCUT2D eigenvalue weighted by molar-refractivity contribution is 4.84. The number of rotatable bonds is 0. The zero-order valence-corrected chi connectivity index (χ0v) is 6.14. The Balaban J connectivity index is 2.05. The molecule has 2 heterocycles. The van der Waals surface area contributed by atoms with Gasteiger partial charge in [0.2, 0.25) is 0 Å². The molecule has 2 aliphatic heterocycles. The molecule has 1 nitrogen and oxygen atoms in total. The van der Waals surface area contributed by atoms with Crippen LogP contribution in [0.25, 0.3) is 0 Å². The van der Waals surface area contributed by atoms with Crippen LogP contribution in [0, 0.1) is 11.8 Å². The maximum Gasteiger partial charge on any atom is 0.00127 e. The Labute approximate surface area is 57.0 Å². The quantitative estimate of drug-likeness (QED) is 0.472. The lowest BCUT2D eigenvalue weighted by atomic mass is 9.89. The van der Waals surface area contributed by atoms with Gasteiger partial charge in [0, 0.05) is 6.54 Å². The minimum absolute atomic E-state index is 1.02. The molecule has 3 unspecified atom stereocenters. The molecular weight excluding hydrogens is 110 g/mol. The molecule has 0 saturated carbocycles. The number of nitrogens with zero attached hydrogens (tertiary/aromatic N) is 1. The Morgan fingerprint density at radius 1 is 1.22 bits per heavy atom. The van der Waals surface area contributed by atoms with Crippen LogP contribution in [0.15, 0.2) is 0 Å². The van der Waals surface area contributed by atoms with E-state index in [1.54, 1.807) is 0 Å². The van der Waals surface area contributed by atoms with Crippen LogP contribution in [0.3, 0.4) is 0 Å². The summed E-state index contributed by atoms with van der Waals surface area (Å²) in [6, 6.07) is 0. The Kier molecular flexibility index (Phi) is 1.26. The van der Waals surface area contributed by atoms with E-state index in [0.29, 0.717) is 0 Å². The number of fused-ring (bicyclic) bond motifs is 2. The van der Waals surface area contributed by atoms with Crippen molar-refractivity contribution < 1.29 is 0 Å². The summed E-state index contributed by atoms with van der Waals surface area (Å²) in [5, 5.41) is 0. The number of hydrogen-bond donors (Lipinski definition) is 0. The summed E-state index contributed by atoms with van der Waals surface area (Å²) in [6.45, 7) is 6.57. The fourth-order valence-corrected chi connectivity index (χ4v) is 2.15. The van der Waals surface area contributed by atoms with Gasteiger partial charge in [-0.15, -0.1) is 0 Å². The monoisotopic (exact) mass is 125 g/mol. The Morgan fingerprint density at radius 3 is 2.78 bits per heavy atom. The molecule has 2 rings (SSSR count). The van der Waals surface area contributed by atoms with E-state index in [4.69, 9.17) is 0 Å². The average molecular weight is 125 g/mol. The van der Waals surface area contributed by atoms with Crippen LogP contribution in [0.5, 0.6) is 0 Å². The van der Waals surface area contributed by atoms with Gasteiger partial charge in [-0.05, 0) is 37.8 Å². The van der Waals surface area contributed by atoms with Crippen LogP contribution < -0.4 is 0 Å². The standard InChI is InChI=1S/C8H15N/c1-7-2-4-9-5-3-8(7)6-9/h7-8H,2-6H2,1H3. The van der Waals surface area contributed by atoms with E-state index in [0.717, 1.165) is 11.8 Å². The summed E-state index contributed by atoms with van der Waals surface area (Å²) in [6.07, 6.45) is 2.92. The first-order chi connectivity index (χ1) is 4.36. The molecule has 0 spiro atoms. The van der Waals surface area contributed by atoms with Gasteiger partial charge in [0.25, 0.3) is 0 Å². The Bertz CT molecular complexity index is 111. The minimum atomic E-state index is 1.02. The van der Waals surface area contributed by atoms with Crippen molar-refractivity contribution >= 4 is 0 Å². The molecular formula is C8H15N. The molecule has 2 bridgehead atoms. The second-order valence-corrected chi connectivity index (χ2v) is 3.62. The maximum absolute atomic E-state index is 2.60. The molecule has 2 aliphatic rings. The van der Waals surface area contributed by atoms with Crippen LogP contribution in [0.2, 0.25) is 0 Å². The topological polar surface area (TPSA) is 3.24 Å². The lowest BCUT2D eigenvalue weighted by molar-refractivity contribution is 0.215. The first kappa shape index (κ1) is 5.72. The van der Waals surface area contributed by atoms with Gasteiger partial charge in [-0.25, -0.2) is 0 Å². The van der Waals surface area contributed by atoms with E-state index >= 15 is 0 Å². The molecule has 1 heteroatoms. The molecule has 0 aliphatic carbocycles. The molecule has 2 saturated heterocycles. The third-order valence-corrected chi connectivity index (χ3v) is 3.01. The molecule has 0 aromatic carbocycles. The zero-order valence-electron chi connectivity index (χ0n) is 6.14. The fourth-order valence-electron chi connectivity index (χ4n) is 2.15. The predicted octanol–water partition coefficient (Wildman–Crippen LogP) is 1.35. The molecule has 2 fully saturated rings. The van der Waals surface area contributed by atoms with Crippen LogP contribution in [-0.4, -0.2) is 24.5 Å². The Hall–Kier alpha value is -0.0400. The van der Waals surface area contributed by atoms with E-state index < -0.39 is 0 Å². The first-order valence-corrected chi connectivity index (χ1v) is 4.08. The van der Waals surface area contributed by atoms with E-state index in [1.807, 2.05) is 0 Å². The minimum Gasteiger partial charge on any atom is -0.303 e. The lowest BCUT2D eigenvalue weighted by Crippen LogP contribution is -2.30. The zero-order chi connectivity index (χ0) is 6.27. The van der Waals surface area contributed by atoms with Crippen molar-refractivity contribution in [2.75, 3.05) is 19.6 Å². The third kappa shape index (κ3) is 0.877. The smallest absolute Gasteiger partial charge is 0.00127 e. The SMILES string of the molecule is CC1CCN2CCC1C2. The lowest BCUT2D eigenvalue weighted by Gasteiger charge is -2.27. The van der Waals surface area contributed by atoms with E-state index in [-0.39, 0.29) is 0 Å².